The number of carbonyl (C=O) groups excluding carboxylic acids is 2. The van der Waals surface area contributed by atoms with E-state index >= 15 is 0 Å². The molecular weight excluding hydrogens is 192 g/mol. The van der Waals surface area contributed by atoms with Crippen molar-refractivity contribution in [1.82, 2.24) is 5.01 Å². The zero-order valence-electron chi connectivity index (χ0n) is 8.30. The van der Waals surface area contributed by atoms with Gasteiger partial charge in [0.05, 0.1) is 0 Å². The van der Waals surface area contributed by atoms with Crippen LogP contribution in [0.1, 0.15) is 12.5 Å². The molecule has 0 N–H and O–H groups in total. The van der Waals surface area contributed by atoms with Gasteiger partial charge >= 0.3 is 5.91 Å². The van der Waals surface area contributed by atoms with Crippen molar-refractivity contribution >= 4 is 17.4 Å². The van der Waals surface area contributed by atoms with Crippen LogP contribution in [0.2, 0.25) is 0 Å². The van der Waals surface area contributed by atoms with E-state index in [1.54, 1.807) is 19.1 Å². The fraction of sp³-hybridized carbons (Fsp3) is 0.182. The third-order valence-corrected chi connectivity index (χ3v) is 2.21. The Morgan fingerprint density at radius 1 is 1.20 bits per heavy atom. The van der Waals surface area contributed by atoms with Gasteiger partial charge in [-0.25, -0.2) is 5.01 Å². The van der Waals surface area contributed by atoms with Crippen LogP contribution in [0.15, 0.2) is 35.4 Å². The number of likely N-dealkylation sites (N-methyl/N-ethyl adjacent to an activating group) is 1. The fourth-order valence-corrected chi connectivity index (χ4v) is 1.43. The quantitative estimate of drug-likeness (QED) is 0.667. The van der Waals surface area contributed by atoms with Crippen LogP contribution < -0.4 is 0 Å². The van der Waals surface area contributed by atoms with Crippen LogP contribution in [-0.4, -0.2) is 29.0 Å². The Balaban J connectivity index is 2.39. The minimum Gasteiger partial charge on any atom is -0.281 e. The van der Waals surface area contributed by atoms with E-state index in [0.29, 0.717) is 12.1 Å². The van der Waals surface area contributed by atoms with Crippen LogP contribution in [-0.2, 0) is 9.59 Å². The molecule has 0 bridgehead atoms. The predicted molar refractivity (Wildman–Crippen MR) is 55.4 cm³/mol. The molecule has 0 radical (unpaired) electrons. The molecule has 0 saturated carbocycles. The van der Waals surface area contributed by atoms with E-state index in [1.807, 2.05) is 18.2 Å². The molecule has 15 heavy (non-hydrogen) atoms. The summed E-state index contributed by atoms with van der Waals surface area (Å²) in [6.07, 6.45) is 0. The van der Waals surface area contributed by atoms with Crippen LogP contribution in [0.25, 0.3) is 0 Å². The number of hydrogen-bond acceptors (Lipinski definition) is 3. The average molecular weight is 202 g/mol. The van der Waals surface area contributed by atoms with Gasteiger partial charge in [-0.15, -0.1) is 0 Å². The highest BCUT2D eigenvalue weighted by atomic mass is 16.2. The zero-order valence-corrected chi connectivity index (χ0v) is 8.30. The number of ketones is 1. The number of benzene rings is 1. The Hall–Kier alpha value is -1.97. The van der Waals surface area contributed by atoms with Gasteiger partial charge in [-0.3, -0.25) is 9.59 Å². The maximum absolute atomic E-state index is 11.6. The van der Waals surface area contributed by atoms with Crippen molar-refractivity contribution in [2.75, 3.05) is 6.54 Å². The minimum absolute atomic E-state index is 0.238. The molecule has 4 nitrogen and oxygen atoms in total. The van der Waals surface area contributed by atoms with E-state index in [4.69, 9.17) is 0 Å². The molecule has 1 aliphatic rings. The fourth-order valence-electron chi connectivity index (χ4n) is 1.43. The molecule has 0 unspecified atom stereocenters. The molecule has 0 saturated heterocycles. The first-order valence-electron chi connectivity index (χ1n) is 4.74. The summed E-state index contributed by atoms with van der Waals surface area (Å²) in [5, 5.41) is 5.17. The molecule has 1 heterocycles. The Morgan fingerprint density at radius 2 is 1.87 bits per heavy atom. The van der Waals surface area contributed by atoms with Crippen LogP contribution in [0, 0.1) is 0 Å². The highest BCUT2D eigenvalue weighted by molar-refractivity contribution is 6.69. The standard InChI is InChI=1S/C11H10N2O2/c1-2-13-11(15)10(14)9(12-13)8-6-4-3-5-7-8/h3-7H,2H2,1H3. The molecule has 0 aliphatic carbocycles. The Bertz CT molecular complexity index is 437. The third kappa shape index (κ3) is 1.54. The van der Waals surface area contributed by atoms with Crippen molar-refractivity contribution < 1.29 is 9.59 Å². The van der Waals surface area contributed by atoms with E-state index in [1.165, 1.54) is 5.01 Å². The lowest BCUT2D eigenvalue weighted by Gasteiger charge is -2.04. The molecule has 76 valence electrons. The molecule has 1 aromatic rings. The molecule has 0 spiro atoms. The van der Waals surface area contributed by atoms with Gasteiger partial charge in [0.25, 0.3) is 5.78 Å². The average Bonchev–Trinajstić information content (AvgIpc) is 2.57. The smallest absolute Gasteiger partial charge is 0.281 e. The van der Waals surface area contributed by atoms with Gasteiger partial charge in [0, 0.05) is 12.1 Å². The first-order valence-corrected chi connectivity index (χ1v) is 4.74. The summed E-state index contributed by atoms with van der Waals surface area (Å²) in [5.41, 5.74) is 0.925. The number of hydrazone groups is 1. The maximum atomic E-state index is 11.6. The lowest BCUT2D eigenvalue weighted by atomic mass is 10.1. The summed E-state index contributed by atoms with van der Waals surface area (Å²) in [4.78, 5) is 22.9. The van der Waals surface area contributed by atoms with Crippen molar-refractivity contribution in [3.63, 3.8) is 0 Å². The van der Waals surface area contributed by atoms with Crippen LogP contribution in [0.5, 0.6) is 0 Å². The number of rotatable bonds is 2. The lowest BCUT2D eigenvalue weighted by molar-refractivity contribution is -0.139. The SMILES string of the molecule is CCN1N=C(c2ccccc2)C(=O)C1=O. The minimum atomic E-state index is -0.545. The van der Waals surface area contributed by atoms with Crippen LogP contribution in [0.4, 0.5) is 0 Å². The van der Waals surface area contributed by atoms with Crippen molar-refractivity contribution in [2.45, 2.75) is 6.92 Å². The Morgan fingerprint density at radius 3 is 2.40 bits per heavy atom. The highest BCUT2D eigenvalue weighted by Crippen LogP contribution is 2.11. The summed E-state index contributed by atoms with van der Waals surface area (Å²) in [6, 6.07) is 9.00. The van der Waals surface area contributed by atoms with Gasteiger partial charge in [-0.1, -0.05) is 30.3 Å². The predicted octanol–water partition coefficient (Wildman–Crippen LogP) is 0.822. The monoisotopic (exact) mass is 202 g/mol. The second-order valence-electron chi connectivity index (χ2n) is 3.16. The molecule has 1 aromatic carbocycles. The van der Waals surface area contributed by atoms with Gasteiger partial charge in [-0.2, -0.15) is 5.10 Å². The van der Waals surface area contributed by atoms with Crippen molar-refractivity contribution in [3.8, 4) is 0 Å². The van der Waals surface area contributed by atoms with Gasteiger partial charge in [-0.05, 0) is 6.92 Å². The zero-order chi connectivity index (χ0) is 10.8. The van der Waals surface area contributed by atoms with Gasteiger partial charge in [0.2, 0.25) is 0 Å². The largest absolute Gasteiger partial charge is 0.316 e. The van der Waals surface area contributed by atoms with Crippen LogP contribution >= 0.6 is 0 Å². The normalized spacial score (nSPS) is 15.8. The Kier molecular flexibility index (Phi) is 2.33. The summed E-state index contributed by atoms with van der Waals surface area (Å²) in [7, 11) is 0. The van der Waals surface area contributed by atoms with E-state index in [0.717, 1.165) is 0 Å². The summed E-state index contributed by atoms with van der Waals surface area (Å²) in [5.74, 6) is -1.07. The number of carbonyl (C=O) groups is 2. The number of Topliss-reactive ketones (excluding diaryl/α,β-unsaturated/α-hetero) is 1. The number of nitrogens with zero attached hydrogens (tertiary/aromatic N) is 2. The molecule has 0 aromatic heterocycles. The summed E-state index contributed by atoms with van der Waals surface area (Å²) >= 11 is 0. The van der Waals surface area contributed by atoms with Crippen molar-refractivity contribution in [3.05, 3.63) is 35.9 Å². The molecule has 0 fully saturated rings. The van der Waals surface area contributed by atoms with Gasteiger partial charge in [0.1, 0.15) is 5.71 Å². The lowest BCUT2D eigenvalue weighted by Crippen LogP contribution is -2.27. The summed E-state index contributed by atoms with van der Waals surface area (Å²) < 4.78 is 0. The van der Waals surface area contributed by atoms with E-state index in [2.05, 4.69) is 5.10 Å². The first-order chi connectivity index (χ1) is 7.24. The molecule has 2 rings (SSSR count). The highest BCUT2D eigenvalue weighted by Gasteiger charge is 2.33. The van der Waals surface area contributed by atoms with Crippen LogP contribution in [0.3, 0.4) is 0 Å². The molecule has 1 amide bonds. The molecule has 0 atom stereocenters. The molecule has 1 aliphatic heterocycles. The number of amides is 1. The molecule has 4 heteroatoms. The second-order valence-corrected chi connectivity index (χ2v) is 3.16. The third-order valence-electron chi connectivity index (χ3n) is 2.21. The molecular formula is C11H10N2O2. The topological polar surface area (TPSA) is 49.7 Å². The van der Waals surface area contributed by atoms with Crippen molar-refractivity contribution in [2.24, 2.45) is 5.10 Å². The maximum Gasteiger partial charge on any atom is 0.316 e. The van der Waals surface area contributed by atoms with E-state index < -0.39 is 11.7 Å². The summed E-state index contributed by atoms with van der Waals surface area (Å²) in [6.45, 7) is 2.20. The Labute approximate surface area is 87.2 Å². The van der Waals surface area contributed by atoms with Crippen molar-refractivity contribution in [1.29, 1.82) is 0 Å². The van der Waals surface area contributed by atoms with E-state index in [9.17, 15) is 9.59 Å². The van der Waals surface area contributed by atoms with Gasteiger partial charge in [0.15, 0.2) is 0 Å². The van der Waals surface area contributed by atoms with Gasteiger partial charge < -0.3 is 0 Å². The first kappa shape index (κ1) is 9.58. The van der Waals surface area contributed by atoms with E-state index in [-0.39, 0.29) is 5.71 Å². The second kappa shape index (κ2) is 3.65. The number of hydrogen-bond donors (Lipinski definition) is 0.